The first-order valence-electron chi connectivity index (χ1n) is 6.83. The Bertz CT molecular complexity index is 441. The van der Waals surface area contributed by atoms with Gasteiger partial charge in [0.2, 0.25) is 0 Å². The molecule has 0 aliphatic carbocycles. The quantitative estimate of drug-likeness (QED) is 0.868. The number of aliphatic hydroxyl groups is 1. The van der Waals surface area contributed by atoms with E-state index in [-0.39, 0.29) is 5.60 Å². The van der Waals surface area contributed by atoms with Gasteiger partial charge in [-0.05, 0) is 43.9 Å². The van der Waals surface area contributed by atoms with E-state index in [1.54, 1.807) is 0 Å². The summed E-state index contributed by atoms with van der Waals surface area (Å²) in [6, 6.07) is 6.19. The van der Waals surface area contributed by atoms with Gasteiger partial charge in [-0.15, -0.1) is 0 Å². The van der Waals surface area contributed by atoms with Crippen molar-refractivity contribution in [2.24, 2.45) is 0 Å². The fourth-order valence-electron chi connectivity index (χ4n) is 2.94. The topological polar surface area (TPSA) is 29.5 Å². The third-order valence-electron chi connectivity index (χ3n) is 4.49. The van der Waals surface area contributed by atoms with Crippen LogP contribution in [0, 0.1) is 13.8 Å². The van der Waals surface area contributed by atoms with E-state index >= 15 is 0 Å². The van der Waals surface area contributed by atoms with Crippen LogP contribution in [-0.4, -0.2) is 17.3 Å². The van der Waals surface area contributed by atoms with Crippen molar-refractivity contribution in [3.8, 4) is 0 Å². The van der Waals surface area contributed by atoms with Gasteiger partial charge in [-0.2, -0.15) is 0 Å². The van der Waals surface area contributed by atoms with Gasteiger partial charge in [-0.25, -0.2) is 0 Å². The third-order valence-corrected chi connectivity index (χ3v) is 4.49. The second kappa shape index (κ2) is 4.67. The maximum absolute atomic E-state index is 11.0. The summed E-state index contributed by atoms with van der Waals surface area (Å²) in [5, 5.41) is 11.0. The lowest BCUT2D eigenvalue weighted by atomic mass is 9.76. The summed E-state index contributed by atoms with van der Waals surface area (Å²) in [6.07, 6.45) is 2.30. The molecule has 2 rings (SSSR count). The van der Waals surface area contributed by atoms with Crippen molar-refractivity contribution >= 4 is 0 Å². The van der Waals surface area contributed by atoms with Crippen LogP contribution in [0.4, 0.5) is 0 Å². The van der Waals surface area contributed by atoms with Gasteiger partial charge < -0.3 is 9.84 Å². The van der Waals surface area contributed by atoms with Crippen molar-refractivity contribution in [2.75, 3.05) is 6.61 Å². The first-order chi connectivity index (χ1) is 8.40. The van der Waals surface area contributed by atoms with Gasteiger partial charge in [-0.3, -0.25) is 0 Å². The highest BCUT2D eigenvalue weighted by Gasteiger charge is 2.42. The molecule has 0 saturated carbocycles. The van der Waals surface area contributed by atoms with Crippen LogP contribution < -0.4 is 0 Å². The van der Waals surface area contributed by atoms with E-state index in [2.05, 4.69) is 39.8 Å². The largest absolute Gasteiger partial charge is 0.385 e. The van der Waals surface area contributed by atoms with Crippen LogP contribution in [0.2, 0.25) is 0 Å². The van der Waals surface area contributed by atoms with Gasteiger partial charge in [0.25, 0.3) is 0 Å². The van der Waals surface area contributed by atoms with Crippen LogP contribution in [0.15, 0.2) is 18.2 Å². The van der Waals surface area contributed by atoms with Crippen LogP contribution in [0.25, 0.3) is 0 Å². The molecule has 2 nitrogen and oxygen atoms in total. The van der Waals surface area contributed by atoms with Crippen molar-refractivity contribution in [2.45, 2.75) is 58.2 Å². The summed E-state index contributed by atoms with van der Waals surface area (Å²) in [4.78, 5) is 0. The molecule has 0 aromatic heterocycles. The highest BCUT2D eigenvalue weighted by molar-refractivity contribution is 5.37. The van der Waals surface area contributed by atoms with Crippen molar-refractivity contribution in [1.29, 1.82) is 0 Å². The molecule has 1 aliphatic rings. The first-order valence-corrected chi connectivity index (χ1v) is 6.83. The molecule has 18 heavy (non-hydrogen) atoms. The highest BCUT2D eigenvalue weighted by Crippen LogP contribution is 2.42. The smallest absolute Gasteiger partial charge is 0.0948 e. The van der Waals surface area contributed by atoms with Gasteiger partial charge in [0.1, 0.15) is 0 Å². The highest BCUT2D eigenvalue weighted by atomic mass is 16.5. The van der Waals surface area contributed by atoms with Gasteiger partial charge in [0, 0.05) is 12.8 Å². The lowest BCUT2D eigenvalue weighted by Crippen LogP contribution is -2.45. The van der Waals surface area contributed by atoms with E-state index in [0.717, 1.165) is 12.0 Å². The standard InChI is InChI=1S/C16H24O2/c1-5-15(4)11-16(17,9-10-18-15)14-8-6-7-12(2)13(14)3/h6-8,17H,5,9-11H2,1-4H3. The summed E-state index contributed by atoms with van der Waals surface area (Å²) < 4.78 is 5.84. The molecule has 1 N–H and O–H groups in total. The van der Waals surface area contributed by atoms with E-state index < -0.39 is 5.60 Å². The van der Waals surface area contributed by atoms with E-state index in [9.17, 15) is 5.11 Å². The maximum Gasteiger partial charge on any atom is 0.0948 e. The molecule has 100 valence electrons. The Balaban J connectivity index is 2.39. The molecule has 2 unspecified atom stereocenters. The Hall–Kier alpha value is -0.860. The molecule has 1 fully saturated rings. The summed E-state index contributed by atoms with van der Waals surface area (Å²) in [5.74, 6) is 0. The van der Waals surface area contributed by atoms with Gasteiger partial charge in [-0.1, -0.05) is 25.1 Å². The summed E-state index contributed by atoms with van der Waals surface area (Å²) in [6.45, 7) is 9.05. The number of benzene rings is 1. The average Bonchev–Trinajstić information content (AvgIpc) is 2.32. The monoisotopic (exact) mass is 248 g/mol. The first kappa shape index (κ1) is 13.6. The van der Waals surface area contributed by atoms with E-state index in [1.807, 2.05) is 6.07 Å². The lowest BCUT2D eigenvalue weighted by molar-refractivity contribution is -0.157. The minimum Gasteiger partial charge on any atom is -0.385 e. The van der Waals surface area contributed by atoms with E-state index in [1.165, 1.54) is 11.1 Å². The maximum atomic E-state index is 11.0. The van der Waals surface area contributed by atoms with Crippen LogP contribution in [-0.2, 0) is 10.3 Å². The number of ether oxygens (including phenoxy) is 1. The Labute approximate surface area is 110 Å². The average molecular weight is 248 g/mol. The molecule has 0 radical (unpaired) electrons. The van der Waals surface area contributed by atoms with Crippen molar-refractivity contribution in [1.82, 2.24) is 0 Å². The van der Waals surface area contributed by atoms with Crippen molar-refractivity contribution < 1.29 is 9.84 Å². The summed E-state index contributed by atoms with van der Waals surface area (Å²) in [7, 11) is 0. The zero-order chi connectivity index (χ0) is 13.4. The zero-order valence-corrected chi connectivity index (χ0v) is 11.9. The number of hydrogen-bond donors (Lipinski definition) is 1. The number of hydrogen-bond acceptors (Lipinski definition) is 2. The minimum absolute atomic E-state index is 0.205. The van der Waals surface area contributed by atoms with E-state index in [4.69, 9.17) is 4.74 Å². The lowest BCUT2D eigenvalue weighted by Gasteiger charge is -2.44. The fourth-order valence-corrected chi connectivity index (χ4v) is 2.94. The van der Waals surface area contributed by atoms with Crippen molar-refractivity contribution in [3.63, 3.8) is 0 Å². The van der Waals surface area contributed by atoms with Crippen LogP contribution in [0.5, 0.6) is 0 Å². The van der Waals surface area contributed by atoms with Crippen LogP contribution >= 0.6 is 0 Å². The molecule has 1 heterocycles. The van der Waals surface area contributed by atoms with E-state index in [0.29, 0.717) is 19.4 Å². The zero-order valence-electron chi connectivity index (χ0n) is 11.9. The number of rotatable bonds is 2. The Morgan fingerprint density at radius 2 is 2.06 bits per heavy atom. The fraction of sp³-hybridized carbons (Fsp3) is 0.625. The Kier molecular flexibility index (Phi) is 3.52. The molecule has 0 amide bonds. The van der Waals surface area contributed by atoms with Crippen LogP contribution in [0.1, 0.15) is 49.8 Å². The molecular weight excluding hydrogens is 224 g/mol. The minimum atomic E-state index is -0.737. The molecule has 2 heteroatoms. The predicted molar refractivity (Wildman–Crippen MR) is 73.7 cm³/mol. The second-order valence-electron chi connectivity index (χ2n) is 5.86. The van der Waals surface area contributed by atoms with Gasteiger partial charge >= 0.3 is 0 Å². The number of aryl methyl sites for hydroxylation is 1. The predicted octanol–water partition coefficient (Wildman–Crippen LogP) is 3.47. The summed E-state index contributed by atoms with van der Waals surface area (Å²) >= 11 is 0. The molecule has 1 saturated heterocycles. The second-order valence-corrected chi connectivity index (χ2v) is 5.86. The molecule has 1 aromatic carbocycles. The Morgan fingerprint density at radius 3 is 2.72 bits per heavy atom. The normalized spacial score (nSPS) is 32.5. The molecule has 1 aliphatic heterocycles. The molecule has 0 bridgehead atoms. The van der Waals surface area contributed by atoms with Crippen LogP contribution in [0.3, 0.4) is 0 Å². The van der Waals surface area contributed by atoms with Gasteiger partial charge in [0.15, 0.2) is 0 Å². The molecule has 0 spiro atoms. The molecular formula is C16H24O2. The molecule has 2 atom stereocenters. The van der Waals surface area contributed by atoms with Gasteiger partial charge in [0.05, 0.1) is 17.8 Å². The summed E-state index contributed by atoms with van der Waals surface area (Å²) in [5.41, 5.74) is 2.58. The Morgan fingerprint density at radius 1 is 1.33 bits per heavy atom. The third kappa shape index (κ3) is 2.32. The van der Waals surface area contributed by atoms with Crippen molar-refractivity contribution in [3.05, 3.63) is 34.9 Å². The SMILES string of the molecule is CCC1(C)CC(O)(c2cccc(C)c2C)CCO1. The molecule has 1 aromatic rings.